The molecule has 0 atom stereocenters. The Morgan fingerprint density at radius 2 is 2.32 bits per heavy atom. The van der Waals surface area contributed by atoms with E-state index >= 15 is 0 Å². The first-order valence-electron chi connectivity index (χ1n) is 6.75. The van der Waals surface area contributed by atoms with Gasteiger partial charge in [-0.25, -0.2) is 4.98 Å². The molecule has 0 fully saturated rings. The first kappa shape index (κ1) is 13.6. The summed E-state index contributed by atoms with van der Waals surface area (Å²) in [5, 5.41) is 3.00. The van der Waals surface area contributed by atoms with Crippen LogP contribution in [0.5, 0.6) is 0 Å². The average molecular weight is 258 g/mol. The fourth-order valence-electron chi connectivity index (χ4n) is 2.28. The van der Waals surface area contributed by atoms with E-state index in [9.17, 15) is 0 Å². The molecule has 0 unspecified atom stereocenters. The minimum Gasteiger partial charge on any atom is -0.370 e. The van der Waals surface area contributed by atoms with E-state index in [0.717, 1.165) is 5.82 Å². The third-order valence-corrected chi connectivity index (χ3v) is 3.48. The topological polar surface area (TPSA) is 63.3 Å². The number of hydrogen-bond donors (Lipinski definition) is 2. The molecule has 0 bridgehead atoms. The van der Waals surface area contributed by atoms with Gasteiger partial charge in [-0.05, 0) is 31.4 Å². The van der Waals surface area contributed by atoms with Gasteiger partial charge in [0, 0.05) is 11.6 Å². The SMILES string of the molecule is CC(C)(CN=C(N)Nc1ccccn1)C1=CCCC1. The van der Waals surface area contributed by atoms with Gasteiger partial charge in [-0.1, -0.05) is 31.6 Å². The van der Waals surface area contributed by atoms with Crippen LogP contribution in [-0.2, 0) is 0 Å². The lowest BCUT2D eigenvalue weighted by atomic mass is 9.84. The maximum absolute atomic E-state index is 5.89. The minimum absolute atomic E-state index is 0.0902. The van der Waals surface area contributed by atoms with Crippen LogP contribution in [0.4, 0.5) is 5.82 Å². The van der Waals surface area contributed by atoms with Gasteiger partial charge < -0.3 is 11.1 Å². The van der Waals surface area contributed by atoms with Gasteiger partial charge in [-0.15, -0.1) is 0 Å². The normalized spacial score (nSPS) is 16.3. The van der Waals surface area contributed by atoms with Crippen LogP contribution in [0, 0.1) is 5.41 Å². The summed E-state index contributed by atoms with van der Waals surface area (Å²) in [4.78, 5) is 8.60. The van der Waals surface area contributed by atoms with Gasteiger partial charge in [0.1, 0.15) is 5.82 Å². The summed E-state index contributed by atoms with van der Waals surface area (Å²) in [7, 11) is 0. The van der Waals surface area contributed by atoms with Gasteiger partial charge in [0.2, 0.25) is 0 Å². The van der Waals surface area contributed by atoms with E-state index in [4.69, 9.17) is 5.73 Å². The summed E-state index contributed by atoms with van der Waals surface area (Å²) in [6.45, 7) is 5.15. The van der Waals surface area contributed by atoms with E-state index in [1.807, 2.05) is 18.2 Å². The number of nitrogens with zero attached hydrogens (tertiary/aromatic N) is 2. The van der Waals surface area contributed by atoms with Gasteiger partial charge in [0.15, 0.2) is 5.96 Å². The quantitative estimate of drug-likeness (QED) is 0.496. The molecule has 1 aromatic heterocycles. The second-order valence-corrected chi connectivity index (χ2v) is 5.55. The molecule has 19 heavy (non-hydrogen) atoms. The van der Waals surface area contributed by atoms with Crippen LogP contribution in [-0.4, -0.2) is 17.5 Å². The van der Waals surface area contributed by atoms with Crippen LogP contribution in [0.1, 0.15) is 33.1 Å². The number of anilines is 1. The van der Waals surface area contributed by atoms with Crippen LogP contribution in [0.2, 0.25) is 0 Å². The van der Waals surface area contributed by atoms with Gasteiger partial charge in [0.25, 0.3) is 0 Å². The highest BCUT2D eigenvalue weighted by atomic mass is 15.1. The van der Waals surface area contributed by atoms with Crippen LogP contribution in [0.3, 0.4) is 0 Å². The summed E-state index contributed by atoms with van der Waals surface area (Å²) in [5.74, 6) is 1.15. The minimum atomic E-state index is 0.0902. The highest BCUT2D eigenvalue weighted by Gasteiger charge is 2.24. The smallest absolute Gasteiger partial charge is 0.194 e. The number of guanidine groups is 1. The third-order valence-electron chi connectivity index (χ3n) is 3.48. The molecule has 2 rings (SSSR count). The van der Waals surface area contributed by atoms with Crippen molar-refractivity contribution in [1.82, 2.24) is 4.98 Å². The van der Waals surface area contributed by atoms with E-state index in [1.165, 1.54) is 24.8 Å². The van der Waals surface area contributed by atoms with Gasteiger partial charge >= 0.3 is 0 Å². The molecule has 1 aliphatic rings. The number of rotatable bonds is 4. The average Bonchev–Trinajstić information content (AvgIpc) is 2.92. The molecule has 4 heteroatoms. The Bertz CT molecular complexity index is 474. The molecule has 0 saturated carbocycles. The zero-order valence-corrected chi connectivity index (χ0v) is 11.7. The Hall–Kier alpha value is -1.84. The zero-order valence-electron chi connectivity index (χ0n) is 11.7. The molecule has 102 valence electrons. The number of aliphatic imine (C=N–C) groups is 1. The van der Waals surface area contributed by atoms with Crippen molar-refractivity contribution in [3.05, 3.63) is 36.0 Å². The molecule has 0 spiro atoms. The van der Waals surface area contributed by atoms with Crippen LogP contribution in [0.15, 0.2) is 41.0 Å². The molecule has 0 radical (unpaired) electrons. The number of aromatic nitrogens is 1. The second kappa shape index (κ2) is 5.87. The van der Waals surface area contributed by atoms with Crippen LogP contribution in [0.25, 0.3) is 0 Å². The maximum atomic E-state index is 5.89. The molecule has 1 aliphatic carbocycles. The summed E-state index contributed by atoms with van der Waals surface area (Å²) >= 11 is 0. The fourth-order valence-corrected chi connectivity index (χ4v) is 2.28. The Kier molecular flexibility index (Phi) is 4.20. The zero-order chi connectivity index (χ0) is 13.7. The molecule has 0 aliphatic heterocycles. The van der Waals surface area contributed by atoms with E-state index in [1.54, 1.807) is 6.20 Å². The summed E-state index contributed by atoms with van der Waals surface area (Å²) in [6, 6.07) is 5.65. The summed E-state index contributed by atoms with van der Waals surface area (Å²) < 4.78 is 0. The second-order valence-electron chi connectivity index (χ2n) is 5.55. The number of nitrogens with two attached hydrogens (primary N) is 1. The Morgan fingerprint density at radius 1 is 1.47 bits per heavy atom. The number of nitrogens with one attached hydrogen (secondary N) is 1. The monoisotopic (exact) mass is 258 g/mol. The number of hydrogen-bond acceptors (Lipinski definition) is 2. The van der Waals surface area contributed by atoms with Crippen molar-refractivity contribution in [2.24, 2.45) is 16.1 Å². The predicted molar refractivity (Wildman–Crippen MR) is 80.1 cm³/mol. The third kappa shape index (κ3) is 3.81. The van der Waals surface area contributed by atoms with Gasteiger partial charge in [0.05, 0.1) is 6.54 Å². The number of allylic oxidation sites excluding steroid dienone is 1. The first-order chi connectivity index (χ1) is 9.08. The Labute approximate surface area is 114 Å². The lowest BCUT2D eigenvalue weighted by molar-refractivity contribution is 0.450. The van der Waals surface area contributed by atoms with Crippen molar-refractivity contribution in [2.45, 2.75) is 33.1 Å². The predicted octanol–water partition coefficient (Wildman–Crippen LogP) is 2.94. The molecule has 1 heterocycles. The molecule has 0 amide bonds. The van der Waals surface area contributed by atoms with Crippen molar-refractivity contribution in [1.29, 1.82) is 0 Å². The largest absolute Gasteiger partial charge is 0.370 e. The molecular weight excluding hydrogens is 236 g/mol. The van der Waals surface area contributed by atoms with Crippen LogP contribution < -0.4 is 11.1 Å². The van der Waals surface area contributed by atoms with Crippen molar-refractivity contribution in [3.8, 4) is 0 Å². The summed E-state index contributed by atoms with van der Waals surface area (Å²) in [5.41, 5.74) is 7.48. The molecular formula is C15H22N4. The van der Waals surface area contributed by atoms with Crippen LogP contribution >= 0.6 is 0 Å². The lowest BCUT2D eigenvalue weighted by Crippen LogP contribution is -2.26. The van der Waals surface area contributed by atoms with E-state index in [0.29, 0.717) is 12.5 Å². The van der Waals surface area contributed by atoms with E-state index < -0.39 is 0 Å². The van der Waals surface area contributed by atoms with E-state index in [-0.39, 0.29) is 5.41 Å². The molecule has 0 aromatic carbocycles. The highest BCUT2D eigenvalue weighted by molar-refractivity contribution is 5.91. The van der Waals surface area contributed by atoms with Gasteiger partial charge in [-0.2, -0.15) is 0 Å². The molecule has 3 N–H and O–H groups in total. The maximum Gasteiger partial charge on any atom is 0.194 e. The molecule has 0 saturated heterocycles. The molecule has 1 aromatic rings. The first-order valence-corrected chi connectivity index (χ1v) is 6.75. The highest BCUT2D eigenvalue weighted by Crippen LogP contribution is 2.34. The standard InChI is InChI=1S/C15H22N4/c1-15(2,12-7-3-4-8-12)11-18-14(16)19-13-9-5-6-10-17-13/h5-7,9-10H,3-4,8,11H2,1-2H3,(H3,16,17,18,19). The fraction of sp³-hybridized carbons (Fsp3) is 0.467. The van der Waals surface area contributed by atoms with Gasteiger partial charge in [-0.3, -0.25) is 4.99 Å². The molecule has 4 nitrogen and oxygen atoms in total. The van der Waals surface area contributed by atoms with E-state index in [2.05, 4.69) is 35.2 Å². The van der Waals surface area contributed by atoms with Crippen molar-refractivity contribution >= 4 is 11.8 Å². The number of pyridine rings is 1. The van der Waals surface area contributed by atoms with Crippen molar-refractivity contribution < 1.29 is 0 Å². The van der Waals surface area contributed by atoms with Crippen molar-refractivity contribution in [2.75, 3.05) is 11.9 Å². The van der Waals surface area contributed by atoms with Crippen molar-refractivity contribution in [3.63, 3.8) is 0 Å². The summed E-state index contributed by atoms with van der Waals surface area (Å²) in [6.07, 6.45) is 7.73. The Morgan fingerprint density at radius 3 is 2.95 bits per heavy atom. The lowest BCUT2D eigenvalue weighted by Gasteiger charge is -2.24. The Balaban J connectivity index is 1.94.